The standard InChI is InChI=1S/C11H19N3O2S/c1-6(2)11(4)9(15)14(10(16)13-11)5-7(3)8(12)17/h6-7H,5H2,1-4H3,(H2,12,17)(H,13,16). The van der Waals surface area contributed by atoms with Gasteiger partial charge in [-0.05, 0) is 12.8 Å². The number of amides is 3. The Balaban J connectivity index is 2.87. The van der Waals surface area contributed by atoms with Gasteiger partial charge in [-0.2, -0.15) is 0 Å². The van der Waals surface area contributed by atoms with Crippen LogP contribution < -0.4 is 11.1 Å². The van der Waals surface area contributed by atoms with E-state index >= 15 is 0 Å². The van der Waals surface area contributed by atoms with E-state index in [2.05, 4.69) is 5.32 Å². The van der Waals surface area contributed by atoms with Gasteiger partial charge in [0.15, 0.2) is 0 Å². The van der Waals surface area contributed by atoms with Gasteiger partial charge in [0, 0.05) is 12.5 Å². The van der Waals surface area contributed by atoms with Gasteiger partial charge in [-0.15, -0.1) is 0 Å². The van der Waals surface area contributed by atoms with Gasteiger partial charge in [-0.1, -0.05) is 33.0 Å². The summed E-state index contributed by atoms with van der Waals surface area (Å²) >= 11 is 4.85. The van der Waals surface area contributed by atoms with Gasteiger partial charge in [0.2, 0.25) is 0 Å². The molecule has 2 atom stereocenters. The third-order valence-corrected chi connectivity index (χ3v) is 3.80. The summed E-state index contributed by atoms with van der Waals surface area (Å²) in [5.74, 6) is -0.348. The van der Waals surface area contributed by atoms with E-state index in [0.717, 1.165) is 0 Å². The smallest absolute Gasteiger partial charge is 0.325 e. The first-order valence-electron chi connectivity index (χ1n) is 5.63. The number of imide groups is 1. The molecule has 1 heterocycles. The van der Waals surface area contributed by atoms with Crippen LogP contribution in [-0.2, 0) is 4.79 Å². The Morgan fingerprint density at radius 1 is 1.47 bits per heavy atom. The van der Waals surface area contributed by atoms with Crippen molar-refractivity contribution in [3.05, 3.63) is 0 Å². The second-order valence-electron chi connectivity index (χ2n) is 5.01. The first-order chi connectivity index (χ1) is 7.70. The van der Waals surface area contributed by atoms with E-state index in [1.165, 1.54) is 4.90 Å². The Morgan fingerprint density at radius 2 is 2.00 bits per heavy atom. The molecule has 1 aliphatic rings. The third-order valence-electron chi connectivity index (χ3n) is 3.40. The molecule has 0 aromatic rings. The molecule has 17 heavy (non-hydrogen) atoms. The second kappa shape index (κ2) is 4.60. The highest BCUT2D eigenvalue weighted by molar-refractivity contribution is 7.80. The van der Waals surface area contributed by atoms with Crippen molar-refractivity contribution in [2.45, 2.75) is 33.2 Å². The van der Waals surface area contributed by atoms with Crippen LogP contribution in [0.5, 0.6) is 0 Å². The van der Waals surface area contributed by atoms with Crippen LogP contribution in [-0.4, -0.2) is 33.9 Å². The Labute approximate surface area is 107 Å². The molecule has 0 saturated carbocycles. The molecule has 2 unspecified atom stereocenters. The van der Waals surface area contributed by atoms with Crippen LogP contribution in [0.1, 0.15) is 27.7 Å². The van der Waals surface area contributed by atoms with E-state index in [1.54, 1.807) is 13.8 Å². The Kier molecular flexibility index (Phi) is 3.76. The molecule has 0 aliphatic carbocycles. The minimum Gasteiger partial charge on any atom is -0.393 e. The maximum absolute atomic E-state index is 12.2. The van der Waals surface area contributed by atoms with E-state index < -0.39 is 5.54 Å². The summed E-state index contributed by atoms with van der Waals surface area (Å²) in [4.78, 5) is 25.5. The summed E-state index contributed by atoms with van der Waals surface area (Å²) in [6, 6.07) is -0.366. The van der Waals surface area contributed by atoms with Gasteiger partial charge in [0.25, 0.3) is 5.91 Å². The predicted molar refractivity (Wildman–Crippen MR) is 69.4 cm³/mol. The van der Waals surface area contributed by atoms with Crippen molar-refractivity contribution in [1.29, 1.82) is 0 Å². The molecule has 1 rings (SSSR count). The fourth-order valence-electron chi connectivity index (χ4n) is 1.64. The molecular formula is C11H19N3O2S. The Bertz CT molecular complexity index is 370. The zero-order valence-electron chi connectivity index (χ0n) is 10.6. The molecule has 5 nitrogen and oxygen atoms in total. The molecule has 0 radical (unpaired) electrons. The number of nitrogens with zero attached hydrogens (tertiary/aromatic N) is 1. The number of hydrogen-bond acceptors (Lipinski definition) is 3. The van der Waals surface area contributed by atoms with E-state index in [0.29, 0.717) is 4.99 Å². The molecule has 0 bridgehead atoms. The van der Waals surface area contributed by atoms with Crippen molar-refractivity contribution >= 4 is 29.1 Å². The molecule has 0 spiro atoms. The molecular weight excluding hydrogens is 238 g/mol. The minimum atomic E-state index is -0.826. The van der Waals surface area contributed by atoms with Crippen molar-refractivity contribution in [3.8, 4) is 0 Å². The lowest BCUT2D eigenvalue weighted by atomic mass is 9.88. The molecule has 1 aliphatic heterocycles. The van der Waals surface area contributed by atoms with E-state index in [-0.39, 0.29) is 30.3 Å². The van der Waals surface area contributed by atoms with E-state index in [4.69, 9.17) is 18.0 Å². The topological polar surface area (TPSA) is 75.4 Å². The number of thiocarbonyl (C=S) groups is 1. The Morgan fingerprint density at radius 3 is 2.35 bits per heavy atom. The molecule has 96 valence electrons. The quantitative estimate of drug-likeness (QED) is 0.579. The molecule has 0 aromatic carbocycles. The number of hydrogen-bond donors (Lipinski definition) is 2. The highest BCUT2D eigenvalue weighted by atomic mass is 32.1. The van der Waals surface area contributed by atoms with Crippen LogP contribution >= 0.6 is 12.2 Å². The van der Waals surface area contributed by atoms with Crippen molar-refractivity contribution in [1.82, 2.24) is 10.2 Å². The maximum Gasteiger partial charge on any atom is 0.325 e. The summed E-state index contributed by atoms with van der Waals surface area (Å²) in [6.45, 7) is 7.58. The monoisotopic (exact) mass is 257 g/mol. The highest BCUT2D eigenvalue weighted by Crippen LogP contribution is 2.25. The summed E-state index contributed by atoms with van der Waals surface area (Å²) in [5.41, 5.74) is 4.67. The average molecular weight is 257 g/mol. The lowest BCUT2D eigenvalue weighted by Gasteiger charge is -2.26. The predicted octanol–water partition coefficient (Wildman–Crippen LogP) is 0.875. The van der Waals surface area contributed by atoms with Gasteiger partial charge >= 0.3 is 6.03 Å². The number of urea groups is 1. The molecule has 1 fully saturated rings. The zero-order valence-corrected chi connectivity index (χ0v) is 11.4. The van der Waals surface area contributed by atoms with Crippen LogP contribution in [0.3, 0.4) is 0 Å². The van der Waals surface area contributed by atoms with Gasteiger partial charge in [0.05, 0.1) is 4.99 Å². The molecule has 3 amide bonds. The van der Waals surface area contributed by atoms with E-state index in [1.807, 2.05) is 13.8 Å². The van der Waals surface area contributed by atoms with Crippen molar-refractivity contribution in [3.63, 3.8) is 0 Å². The van der Waals surface area contributed by atoms with Crippen LogP contribution in [0.15, 0.2) is 0 Å². The summed E-state index contributed by atoms with van der Waals surface area (Å²) in [7, 11) is 0. The number of rotatable bonds is 4. The number of nitrogens with two attached hydrogens (primary N) is 1. The number of carbonyl (C=O) groups is 2. The fourth-order valence-corrected chi connectivity index (χ4v) is 1.71. The fraction of sp³-hybridized carbons (Fsp3) is 0.727. The van der Waals surface area contributed by atoms with Crippen LogP contribution in [0, 0.1) is 11.8 Å². The van der Waals surface area contributed by atoms with Gasteiger partial charge < -0.3 is 11.1 Å². The third kappa shape index (κ3) is 2.41. The van der Waals surface area contributed by atoms with Gasteiger partial charge in [-0.3, -0.25) is 9.69 Å². The summed E-state index contributed by atoms with van der Waals surface area (Å²) in [5, 5.41) is 2.73. The molecule has 1 saturated heterocycles. The van der Waals surface area contributed by atoms with Crippen molar-refractivity contribution in [2.75, 3.05) is 6.54 Å². The first-order valence-corrected chi connectivity index (χ1v) is 6.04. The maximum atomic E-state index is 12.2. The summed E-state index contributed by atoms with van der Waals surface area (Å²) < 4.78 is 0. The largest absolute Gasteiger partial charge is 0.393 e. The number of nitrogens with one attached hydrogen (secondary N) is 1. The lowest BCUT2D eigenvalue weighted by molar-refractivity contribution is -0.132. The molecule has 0 aromatic heterocycles. The zero-order chi connectivity index (χ0) is 13.4. The van der Waals surface area contributed by atoms with Crippen LogP contribution in [0.2, 0.25) is 0 Å². The van der Waals surface area contributed by atoms with Crippen molar-refractivity contribution in [2.24, 2.45) is 17.6 Å². The van der Waals surface area contributed by atoms with Gasteiger partial charge in [0.1, 0.15) is 5.54 Å². The average Bonchev–Trinajstić information content (AvgIpc) is 2.43. The first kappa shape index (κ1) is 13.9. The van der Waals surface area contributed by atoms with Crippen LogP contribution in [0.25, 0.3) is 0 Å². The normalized spacial score (nSPS) is 26.3. The molecule has 6 heteroatoms. The van der Waals surface area contributed by atoms with Crippen LogP contribution in [0.4, 0.5) is 4.79 Å². The van der Waals surface area contributed by atoms with E-state index in [9.17, 15) is 9.59 Å². The molecule has 3 N–H and O–H groups in total. The minimum absolute atomic E-state index is 0.0316. The SMILES string of the molecule is CC(CN1C(=O)NC(C)(C(C)C)C1=O)C(N)=S. The Hall–Kier alpha value is -1.17. The lowest BCUT2D eigenvalue weighted by Crippen LogP contribution is -2.48. The second-order valence-corrected chi connectivity index (χ2v) is 5.48. The van der Waals surface area contributed by atoms with Gasteiger partial charge in [-0.25, -0.2) is 4.79 Å². The highest BCUT2D eigenvalue weighted by Gasteiger charge is 2.49. The number of carbonyl (C=O) groups excluding carboxylic acids is 2. The summed E-state index contributed by atoms with van der Waals surface area (Å²) in [6.07, 6.45) is 0. The van der Waals surface area contributed by atoms with Crippen molar-refractivity contribution < 1.29 is 9.59 Å².